The highest BCUT2D eigenvalue weighted by Crippen LogP contribution is 2.39. The molecule has 11 heteroatoms. The van der Waals surface area contributed by atoms with Crippen LogP contribution in [0.3, 0.4) is 0 Å². The number of aromatic nitrogens is 4. The number of nitrogens with zero attached hydrogens (tertiary/aromatic N) is 5. The average molecular weight is 485 g/mol. The summed E-state index contributed by atoms with van der Waals surface area (Å²) in [6.45, 7) is 0. The average Bonchev–Trinajstić information content (AvgIpc) is 3.25. The molecule has 5 nitrogen and oxygen atoms in total. The fourth-order valence-corrected chi connectivity index (χ4v) is 3.37. The number of alkyl halides is 6. The van der Waals surface area contributed by atoms with Crippen LogP contribution in [0, 0.1) is 11.3 Å². The van der Waals surface area contributed by atoms with Crippen molar-refractivity contribution in [2.45, 2.75) is 12.4 Å². The van der Waals surface area contributed by atoms with Crippen molar-refractivity contribution in [2.75, 3.05) is 0 Å². The molecule has 4 rings (SSSR count). The van der Waals surface area contributed by atoms with Crippen LogP contribution in [0.2, 0.25) is 0 Å². The van der Waals surface area contributed by atoms with Crippen LogP contribution in [0.4, 0.5) is 26.3 Å². The number of benzene rings is 2. The Hall–Kier alpha value is -4.46. The molecule has 35 heavy (non-hydrogen) atoms. The van der Waals surface area contributed by atoms with E-state index in [4.69, 9.17) is 0 Å². The van der Waals surface area contributed by atoms with Crippen molar-refractivity contribution in [3.63, 3.8) is 0 Å². The third-order valence-electron chi connectivity index (χ3n) is 4.92. The van der Waals surface area contributed by atoms with E-state index in [9.17, 15) is 31.6 Å². The molecule has 2 heterocycles. The molecule has 4 aromatic rings. The van der Waals surface area contributed by atoms with Gasteiger partial charge in [-0.3, -0.25) is 4.98 Å². The van der Waals surface area contributed by atoms with Gasteiger partial charge < -0.3 is 0 Å². The van der Waals surface area contributed by atoms with Gasteiger partial charge in [-0.2, -0.15) is 31.6 Å². The van der Waals surface area contributed by atoms with E-state index in [1.165, 1.54) is 36.7 Å². The summed E-state index contributed by atoms with van der Waals surface area (Å²) in [6, 6.07) is 13.9. The van der Waals surface area contributed by atoms with E-state index < -0.39 is 40.4 Å². The first-order valence-corrected chi connectivity index (χ1v) is 9.91. The second kappa shape index (κ2) is 9.06. The van der Waals surface area contributed by atoms with Gasteiger partial charge in [0.1, 0.15) is 6.07 Å². The van der Waals surface area contributed by atoms with E-state index in [1.54, 1.807) is 12.1 Å². The number of nitriles is 1. The van der Waals surface area contributed by atoms with Gasteiger partial charge in [0, 0.05) is 35.3 Å². The molecule has 0 N–H and O–H groups in total. The van der Waals surface area contributed by atoms with Gasteiger partial charge in [-0.1, -0.05) is 42.5 Å². The van der Waals surface area contributed by atoms with Crippen molar-refractivity contribution in [3.05, 3.63) is 89.7 Å². The maximum Gasteiger partial charge on any atom is 0.417 e. The van der Waals surface area contributed by atoms with Crippen LogP contribution in [0.15, 0.2) is 73.1 Å². The summed E-state index contributed by atoms with van der Waals surface area (Å²) in [5.41, 5.74) is -2.65. The van der Waals surface area contributed by atoms with Gasteiger partial charge >= 0.3 is 12.4 Å². The molecule has 176 valence electrons. The fourth-order valence-electron chi connectivity index (χ4n) is 3.37. The highest BCUT2D eigenvalue weighted by Gasteiger charge is 2.36. The highest BCUT2D eigenvalue weighted by molar-refractivity contribution is 5.85. The second-order valence-corrected chi connectivity index (χ2v) is 7.19. The van der Waals surface area contributed by atoms with E-state index in [1.807, 2.05) is 6.07 Å². The predicted octanol–water partition coefficient (Wildman–Crippen LogP) is 6.57. The first-order chi connectivity index (χ1) is 16.6. The number of hydrogen-bond acceptors (Lipinski definition) is 4. The predicted molar refractivity (Wildman–Crippen MR) is 115 cm³/mol. The van der Waals surface area contributed by atoms with Crippen LogP contribution < -0.4 is 0 Å². The van der Waals surface area contributed by atoms with Gasteiger partial charge in [-0.25, -0.2) is 9.67 Å². The van der Waals surface area contributed by atoms with E-state index in [2.05, 4.69) is 15.1 Å². The van der Waals surface area contributed by atoms with Crippen molar-refractivity contribution in [1.82, 2.24) is 19.7 Å². The van der Waals surface area contributed by atoms with Crippen molar-refractivity contribution < 1.29 is 26.3 Å². The van der Waals surface area contributed by atoms with E-state index in [0.717, 1.165) is 35.1 Å². The summed E-state index contributed by atoms with van der Waals surface area (Å²) in [4.78, 5) is 7.96. The molecule has 0 aliphatic heterocycles. The molecule has 0 saturated heterocycles. The summed E-state index contributed by atoms with van der Waals surface area (Å²) < 4.78 is 82.8. The Morgan fingerprint density at radius 2 is 1.43 bits per heavy atom. The third-order valence-corrected chi connectivity index (χ3v) is 4.92. The van der Waals surface area contributed by atoms with Crippen LogP contribution in [0.5, 0.6) is 0 Å². The molecule has 0 bridgehead atoms. The lowest BCUT2D eigenvalue weighted by Gasteiger charge is -2.12. The van der Waals surface area contributed by atoms with Crippen LogP contribution in [0.1, 0.15) is 16.7 Å². The minimum atomic E-state index is -4.78. The van der Waals surface area contributed by atoms with Gasteiger partial charge in [-0.05, 0) is 18.2 Å². The molecular formula is C24H13F6N5. The zero-order valence-electron chi connectivity index (χ0n) is 17.5. The maximum absolute atomic E-state index is 13.7. The minimum Gasteiger partial charge on any atom is -0.264 e. The number of pyridine rings is 1. The monoisotopic (exact) mass is 485 g/mol. The largest absolute Gasteiger partial charge is 0.417 e. The molecule has 2 aromatic heterocycles. The molecule has 0 radical (unpaired) electrons. The van der Waals surface area contributed by atoms with Crippen LogP contribution in [0.25, 0.3) is 34.5 Å². The minimum absolute atomic E-state index is 0.0376. The van der Waals surface area contributed by atoms with Gasteiger partial charge in [-0.15, -0.1) is 5.10 Å². The van der Waals surface area contributed by atoms with E-state index >= 15 is 0 Å². The van der Waals surface area contributed by atoms with Crippen molar-refractivity contribution >= 4 is 11.8 Å². The van der Waals surface area contributed by atoms with Crippen LogP contribution in [-0.4, -0.2) is 19.7 Å². The third kappa shape index (κ3) is 4.91. The Bertz CT molecular complexity index is 1430. The molecule has 0 unspecified atom stereocenters. The van der Waals surface area contributed by atoms with Gasteiger partial charge in [0.25, 0.3) is 0 Å². The molecule has 0 amide bonds. The molecule has 0 aliphatic carbocycles. The Labute approximate surface area is 194 Å². The standard InChI is InChI=1S/C24H13F6N5/c25-23(26,27)19-9-3-1-7-17(19)21-33-22(18-8-2-4-10-20(18)24(28,29)30)35(34-21)14-16(12-31)15-6-5-11-32-13-15/h1-11,13-14H. The zero-order chi connectivity index (χ0) is 25.2. The lowest BCUT2D eigenvalue weighted by Crippen LogP contribution is -2.08. The SMILES string of the molecule is N#CC(=Cn1nc(-c2ccccc2C(F)(F)F)nc1-c1ccccc1C(F)(F)F)c1cccnc1. The molecule has 0 fully saturated rings. The van der Waals surface area contributed by atoms with Crippen LogP contribution in [-0.2, 0) is 12.4 Å². The first kappa shape index (κ1) is 23.7. The van der Waals surface area contributed by atoms with E-state index in [0.29, 0.717) is 5.56 Å². The maximum atomic E-state index is 13.7. The Kier molecular flexibility index (Phi) is 6.13. The number of hydrogen-bond donors (Lipinski definition) is 0. The molecular weight excluding hydrogens is 472 g/mol. The number of rotatable bonds is 4. The normalized spacial score (nSPS) is 12.4. The first-order valence-electron chi connectivity index (χ1n) is 9.91. The molecule has 0 atom stereocenters. The zero-order valence-corrected chi connectivity index (χ0v) is 17.5. The summed E-state index contributed by atoms with van der Waals surface area (Å²) in [5.74, 6) is -0.842. The number of allylic oxidation sites excluding steroid dienone is 1. The molecule has 2 aromatic carbocycles. The quantitative estimate of drug-likeness (QED) is 0.242. The summed E-state index contributed by atoms with van der Waals surface area (Å²) >= 11 is 0. The summed E-state index contributed by atoms with van der Waals surface area (Å²) in [6.07, 6.45) is -5.61. The van der Waals surface area contributed by atoms with E-state index in [-0.39, 0.29) is 11.4 Å². The fraction of sp³-hybridized carbons (Fsp3) is 0.0833. The summed E-state index contributed by atoms with van der Waals surface area (Å²) in [5, 5.41) is 13.7. The lowest BCUT2D eigenvalue weighted by molar-refractivity contribution is -0.137. The van der Waals surface area contributed by atoms with Crippen molar-refractivity contribution in [3.8, 4) is 28.8 Å². The van der Waals surface area contributed by atoms with Crippen molar-refractivity contribution in [1.29, 1.82) is 5.26 Å². The smallest absolute Gasteiger partial charge is 0.264 e. The van der Waals surface area contributed by atoms with Gasteiger partial charge in [0.05, 0.1) is 16.7 Å². The Morgan fingerprint density at radius 1 is 0.829 bits per heavy atom. The van der Waals surface area contributed by atoms with Crippen molar-refractivity contribution in [2.24, 2.45) is 0 Å². The second-order valence-electron chi connectivity index (χ2n) is 7.19. The lowest BCUT2D eigenvalue weighted by atomic mass is 10.1. The number of halogens is 6. The van der Waals surface area contributed by atoms with Gasteiger partial charge in [0.2, 0.25) is 0 Å². The van der Waals surface area contributed by atoms with Crippen LogP contribution >= 0.6 is 0 Å². The van der Waals surface area contributed by atoms with Gasteiger partial charge in [0.15, 0.2) is 11.6 Å². The molecule has 0 aliphatic rings. The highest BCUT2D eigenvalue weighted by atomic mass is 19.4. The summed E-state index contributed by atoms with van der Waals surface area (Å²) in [7, 11) is 0. The topological polar surface area (TPSA) is 67.4 Å². The Morgan fingerprint density at radius 3 is 2.00 bits per heavy atom. The molecule has 0 saturated carbocycles. The molecule has 0 spiro atoms. The Balaban J connectivity index is 2.00.